The lowest BCUT2D eigenvalue weighted by Gasteiger charge is -2.28. The van der Waals surface area contributed by atoms with Crippen molar-refractivity contribution in [2.45, 2.75) is 45.2 Å². The zero-order valence-electron chi connectivity index (χ0n) is 17.0. The number of carbonyl (C=O) groups is 3. The number of carboxylic acid groups (broad SMARTS) is 1. The van der Waals surface area contributed by atoms with Crippen molar-refractivity contribution in [1.29, 1.82) is 0 Å². The molecule has 0 fully saturated rings. The van der Waals surface area contributed by atoms with Crippen LogP contribution in [0, 0.1) is 5.92 Å². The molecule has 0 aromatic heterocycles. The number of hydrogen-bond acceptors (Lipinski definition) is 3. The zero-order valence-corrected chi connectivity index (χ0v) is 17.0. The molecule has 0 aliphatic carbocycles. The Morgan fingerprint density at radius 2 is 1.34 bits per heavy atom. The lowest BCUT2D eigenvalue weighted by Crippen LogP contribution is -2.53. The molecule has 0 aliphatic rings. The minimum atomic E-state index is -1.18. The van der Waals surface area contributed by atoms with Crippen LogP contribution in [0.3, 0.4) is 0 Å². The molecule has 0 saturated heterocycles. The van der Waals surface area contributed by atoms with Crippen molar-refractivity contribution in [3.05, 3.63) is 71.8 Å². The van der Waals surface area contributed by atoms with E-state index in [1.165, 1.54) is 6.92 Å². The van der Waals surface area contributed by atoms with E-state index < -0.39 is 29.9 Å². The van der Waals surface area contributed by atoms with Gasteiger partial charge >= 0.3 is 5.97 Å². The predicted molar refractivity (Wildman–Crippen MR) is 111 cm³/mol. The summed E-state index contributed by atoms with van der Waals surface area (Å²) in [5.74, 6) is -2.39. The molecule has 29 heavy (non-hydrogen) atoms. The molecule has 3 N–H and O–H groups in total. The Labute approximate surface area is 171 Å². The summed E-state index contributed by atoms with van der Waals surface area (Å²) < 4.78 is 0. The summed E-state index contributed by atoms with van der Waals surface area (Å²) >= 11 is 0. The highest BCUT2D eigenvalue weighted by atomic mass is 16.4. The molecule has 6 nitrogen and oxygen atoms in total. The van der Waals surface area contributed by atoms with Gasteiger partial charge in [-0.2, -0.15) is 0 Å². The van der Waals surface area contributed by atoms with Gasteiger partial charge in [-0.15, -0.1) is 0 Å². The van der Waals surface area contributed by atoms with Gasteiger partial charge in [0.1, 0.15) is 12.1 Å². The molecular weight excluding hydrogens is 368 g/mol. The van der Waals surface area contributed by atoms with Crippen LogP contribution in [0.4, 0.5) is 0 Å². The Morgan fingerprint density at radius 1 is 0.862 bits per heavy atom. The van der Waals surface area contributed by atoms with Crippen LogP contribution in [-0.2, 0) is 14.4 Å². The summed E-state index contributed by atoms with van der Waals surface area (Å²) in [6, 6.07) is 16.5. The van der Waals surface area contributed by atoms with E-state index in [0.717, 1.165) is 11.1 Å². The SMILES string of the molecule is CC(=O)N[C@@H](CC(C)C)C(=O)N[C@@H](C(=O)O)C(c1ccccc1)c1ccccc1. The molecule has 0 heterocycles. The average Bonchev–Trinajstić information content (AvgIpc) is 2.67. The molecule has 2 rings (SSSR count). The van der Waals surface area contributed by atoms with Crippen molar-refractivity contribution in [3.8, 4) is 0 Å². The van der Waals surface area contributed by atoms with Gasteiger partial charge in [0, 0.05) is 12.8 Å². The third-order valence-electron chi connectivity index (χ3n) is 4.62. The third kappa shape index (κ3) is 6.45. The molecule has 2 atom stereocenters. The maximum absolute atomic E-state index is 12.9. The quantitative estimate of drug-likeness (QED) is 0.607. The van der Waals surface area contributed by atoms with Crippen LogP contribution in [0.5, 0.6) is 0 Å². The second kappa shape index (κ2) is 10.4. The van der Waals surface area contributed by atoms with E-state index >= 15 is 0 Å². The van der Waals surface area contributed by atoms with Gasteiger partial charge in [0.15, 0.2) is 0 Å². The summed E-state index contributed by atoms with van der Waals surface area (Å²) in [4.78, 5) is 36.6. The van der Waals surface area contributed by atoms with E-state index in [2.05, 4.69) is 10.6 Å². The van der Waals surface area contributed by atoms with Crippen molar-refractivity contribution in [3.63, 3.8) is 0 Å². The minimum absolute atomic E-state index is 0.153. The minimum Gasteiger partial charge on any atom is -0.480 e. The van der Waals surface area contributed by atoms with E-state index in [4.69, 9.17) is 0 Å². The highest BCUT2D eigenvalue weighted by Gasteiger charge is 2.34. The summed E-state index contributed by atoms with van der Waals surface area (Å²) in [6.07, 6.45) is 0.416. The fraction of sp³-hybridized carbons (Fsp3) is 0.348. The maximum atomic E-state index is 12.9. The zero-order chi connectivity index (χ0) is 21.4. The molecule has 0 saturated carbocycles. The van der Waals surface area contributed by atoms with Gasteiger partial charge in [0.05, 0.1) is 0 Å². The lowest BCUT2D eigenvalue weighted by atomic mass is 9.84. The highest BCUT2D eigenvalue weighted by molar-refractivity contribution is 5.90. The normalized spacial score (nSPS) is 13.0. The summed E-state index contributed by atoms with van der Waals surface area (Å²) in [5.41, 5.74) is 1.57. The Morgan fingerprint density at radius 3 is 1.72 bits per heavy atom. The van der Waals surface area contributed by atoms with Crippen LogP contribution >= 0.6 is 0 Å². The van der Waals surface area contributed by atoms with E-state index in [1.807, 2.05) is 74.5 Å². The predicted octanol–water partition coefficient (Wildman–Crippen LogP) is 2.94. The van der Waals surface area contributed by atoms with E-state index in [9.17, 15) is 19.5 Å². The van der Waals surface area contributed by atoms with Crippen LogP contribution < -0.4 is 10.6 Å². The molecule has 0 aliphatic heterocycles. The number of nitrogens with one attached hydrogen (secondary N) is 2. The molecule has 0 bridgehead atoms. The number of carbonyl (C=O) groups excluding carboxylic acids is 2. The van der Waals surface area contributed by atoms with Crippen LogP contribution in [0.25, 0.3) is 0 Å². The summed E-state index contributed by atoms with van der Waals surface area (Å²) in [7, 11) is 0. The summed E-state index contributed by atoms with van der Waals surface area (Å²) in [6.45, 7) is 5.22. The first-order valence-electron chi connectivity index (χ1n) is 9.69. The number of hydrogen-bond donors (Lipinski definition) is 3. The smallest absolute Gasteiger partial charge is 0.327 e. The highest BCUT2D eigenvalue weighted by Crippen LogP contribution is 2.28. The van der Waals surface area contributed by atoms with Gasteiger partial charge in [-0.3, -0.25) is 9.59 Å². The fourth-order valence-corrected chi connectivity index (χ4v) is 3.39. The average molecular weight is 396 g/mol. The van der Waals surface area contributed by atoms with E-state index in [-0.39, 0.29) is 11.8 Å². The molecule has 0 radical (unpaired) electrons. The Kier molecular flexibility index (Phi) is 7.95. The first kappa shape index (κ1) is 22.1. The Bertz CT molecular complexity index is 782. The van der Waals surface area contributed by atoms with Crippen molar-refractivity contribution in [1.82, 2.24) is 10.6 Å². The fourth-order valence-electron chi connectivity index (χ4n) is 3.39. The molecule has 0 unspecified atom stereocenters. The number of aliphatic carboxylic acids is 1. The van der Waals surface area contributed by atoms with Crippen LogP contribution in [0.1, 0.15) is 44.2 Å². The van der Waals surface area contributed by atoms with Crippen molar-refractivity contribution < 1.29 is 19.5 Å². The monoisotopic (exact) mass is 396 g/mol. The van der Waals surface area contributed by atoms with E-state index in [0.29, 0.717) is 6.42 Å². The molecule has 154 valence electrons. The first-order chi connectivity index (χ1) is 13.8. The second-order valence-electron chi connectivity index (χ2n) is 7.51. The second-order valence-corrected chi connectivity index (χ2v) is 7.51. The summed E-state index contributed by atoms with van der Waals surface area (Å²) in [5, 5.41) is 15.3. The standard InChI is InChI=1S/C23H28N2O4/c1-15(2)14-19(24-16(3)26)22(27)25-21(23(28)29)20(17-10-6-4-7-11-17)18-12-8-5-9-13-18/h4-13,15,19-21H,14H2,1-3H3,(H,24,26)(H,25,27)(H,28,29)/t19-,21+/m0/s1. The van der Waals surface area contributed by atoms with Crippen LogP contribution in [0.2, 0.25) is 0 Å². The Balaban J connectivity index is 2.38. The van der Waals surface area contributed by atoms with Gasteiger partial charge < -0.3 is 15.7 Å². The van der Waals surface area contributed by atoms with E-state index in [1.54, 1.807) is 0 Å². The number of amides is 2. The molecule has 2 aromatic rings. The molecular formula is C23H28N2O4. The maximum Gasteiger partial charge on any atom is 0.327 e. The van der Waals surface area contributed by atoms with Crippen LogP contribution in [-0.4, -0.2) is 35.0 Å². The number of carboxylic acids is 1. The van der Waals surface area contributed by atoms with Crippen LogP contribution in [0.15, 0.2) is 60.7 Å². The van der Waals surface area contributed by atoms with Gasteiger partial charge in [-0.1, -0.05) is 74.5 Å². The molecule has 2 aromatic carbocycles. The van der Waals surface area contributed by atoms with Gasteiger partial charge in [0.25, 0.3) is 0 Å². The molecule has 2 amide bonds. The Hall–Kier alpha value is -3.15. The number of benzene rings is 2. The van der Waals surface area contributed by atoms with Gasteiger partial charge in [0.2, 0.25) is 11.8 Å². The van der Waals surface area contributed by atoms with Crippen molar-refractivity contribution in [2.24, 2.45) is 5.92 Å². The molecule has 0 spiro atoms. The lowest BCUT2D eigenvalue weighted by molar-refractivity contribution is -0.142. The van der Waals surface area contributed by atoms with Gasteiger partial charge in [-0.25, -0.2) is 4.79 Å². The van der Waals surface area contributed by atoms with Gasteiger partial charge in [-0.05, 0) is 23.5 Å². The largest absolute Gasteiger partial charge is 0.480 e. The van der Waals surface area contributed by atoms with Crippen molar-refractivity contribution >= 4 is 17.8 Å². The topological polar surface area (TPSA) is 95.5 Å². The number of rotatable bonds is 9. The van der Waals surface area contributed by atoms with Crippen molar-refractivity contribution in [2.75, 3.05) is 0 Å². The molecule has 6 heteroatoms. The third-order valence-corrected chi connectivity index (χ3v) is 4.62. The first-order valence-corrected chi connectivity index (χ1v) is 9.69.